The molecular weight excluding hydrogens is 272 g/mol. The lowest BCUT2D eigenvalue weighted by Crippen LogP contribution is -2.22. The summed E-state index contributed by atoms with van der Waals surface area (Å²) in [6.45, 7) is 0.572. The number of phenols is 1. The maximum Gasteiger partial charge on any atom is 0.120 e. The van der Waals surface area contributed by atoms with Crippen molar-refractivity contribution >= 4 is 0 Å². The number of pyridine rings is 1. The van der Waals surface area contributed by atoms with Crippen LogP contribution in [0.15, 0.2) is 79.0 Å². The molecule has 0 aliphatic rings. The second kappa shape index (κ2) is 6.87. The third-order valence-electron chi connectivity index (χ3n) is 3.60. The van der Waals surface area contributed by atoms with E-state index in [1.807, 2.05) is 54.6 Å². The summed E-state index contributed by atoms with van der Waals surface area (Å²) < 4.78 is 0. The molecule has 0 radical (unpaired) electrons. The maximum atomic E-state index is 9.91. The number of hydrogen-bond donors (Lipinski definition) is 2. The Hall–Kier alpha value is -2.65. The molecule has 0 spiro atoms. The standard InChI is InChI=1S/C19H18N2O/c22-18-12-5-4-10-16(18)14-21-19(15-8-2-1-3-9-15)17-11-6-7-13-20-17/h1-13,19,21-22H,14H2/t19-/m1/s1. The van der Waals surface area contributed by atoms with E-state index in [0.29, 0.717) is 12.3 Å². The normalized spacial score (nSPS) is 12.0. The number of phenolic OH excluding ortho intramolecular Hbond substituents is 1. The molecule has 0 fully saturated rings. The third-order valence-corrected chi connectivity index (χ3v) is 3.60. The van der Waals surface area contributed by atoms with Crippen molar-refractivity contribution in [3.63, 3.8) is 0 Å². The lowest BCUT2D eigenvalue weighted by Gasteiger charge is -2.19. The van der Waals surface area contributed by atoms with Gasteiger partial charge in [-0.2, -0.15) is 0 Å². The van der Waals surface area contributed by atoms with Crippen LogP contribution >= 0.6 is 0 Å². The molecule has 3 aromatic rings. The lowest BCUT2D eigenvalue weighted by molar-refractivity contribution is 0.461. The molecule has 0 bridgehead atoms. The number of para-hydroxylation sites is 1. The Labute approximate surface area is 130 Å². The van der Waals surface area contributed by atoms with Crippen molar-refractivity contribution in [2.24, 2.45) is 0 Å². The summed E-state index contributed by atoms with van der Waals surface area (Å²) in [5.41, 5.74) is 2.99. The monoisotopic (exact) mass is 290 g/mol. The maximum absolute atomic E-state index is 9.91. The fraction of sp³-hybridized carbons (Fsp3) is 0.105. The van der Waals surface area contributed by atoms with Gasteiger partial charge in [-0.05, 0) is 23.8 Å². The summed E-state index contributed by atoms with van der Waals surface area (Å²) in [6.07, 6.45) is 1.80. The third kappa shape index (κ3) is 3.32. The van der Waals surface area contributed by atoms with Gasteiger partial charge in [-0.25, -0.2) is 0 Å². The number of aromatic hydroxyl groups is 1. The van der Waals surface area contributed by atoms with Gasteiger partial charge in [-0.1, -0.05) is 54.6 Å². The first-order valence-corrected chi connectivity index (χ1v) is 7.31. The fourth-order valence-electron chi connectivity index (χ4n) is 2.46. The molecule has 2 N–H and O–H groups in total. The Kier molecular flexibility index (Phi) is 4.47. The van der Waals surface area contributed by atoms with Crippen molar-refractivity contribution in [1.29, 1.82) is 0 Å². The molecule has 1 atom stereocenters. The minimum Gasteiger partial charge on any atom is -0.508 e. The topological polar surface area (TPSA) is 45.1 Å². The van der Waals surface area contributed by atoms with Crippen molar-refractivity contribution in [3.8, 4) is 5.75 Å². The number of benzene rings is 2. The summed E-state index contributed by atoms with van der Waals surface area (Å²) in [7, 11) is 0. The van der Waals surface area contributed by atoms with Crippen molar-refractivity contribution in [3.05, 3.63) is 95.8 Å². The van der Waals surface area contributed by atoms with Crippen LogP contribution in [-0.2, 0) is 6.54 Å². The predicted molar refractivity (Wildman–Crippen MR) is 87.5 cm³/mol. The van der Waals surface area contributed by atoms with Gasteiger partial charge < -0.3 is 10.4 Å². The van der Waals surface area contributed by atoms with Gasteiger partial charge >= 0.3 is 0 Å². The molecule has 1 aromatic heterocycles. The largest absolute Gasteiger partial charge is 0.508 e. The zero-order valence-corrected chi connectivity index (χ0v) is 12.2. The molecule has 0 saturated carbocycles. The molecule has 110 valence electrons. The Morgan fingerprint density at radius 1 is 0.864 bits per heavy atom. The molecule has 22 heavy (non-hydrogen) atoms. The molecule has 0 saturated heterocycles. The Morgan fingerprint density at radius 3 is 2.32 bits per heavy atom. The smallest absolute Gasteiger partial charge is 0.120 e. The van der Waals surface area contributed by atoms with Crippen LogP contribution in [0.25, 0.3) is 0 Å². The van der Waals surface area contributed by atoms with E-state index in [4.69, 9.17) is 0 Å². The first-order chi connectivity index (χ1) is 10.8. The molecule has 3 rings (SSSR count). The molecule has 0 amide bonds. The van der Waals surface area contributed by atoms with Gasteiger partial charge in [0.25, 0.3) is 0 Å². The molecule has 0 unspecified atom stereocenters. The van der Waals surface area contributed by atoms with Crippen LogP contribution < -0.4 is 5.32 Å². The van der Waals surface area contributed by atoms with E-state index in [2.05, 4.69) is 22.4 Å². The first kappa shape index (κ1) is 14.3. The second-order valence-electron chi connectivity index (χ2n) is 5.11. The number of hydrogen-bond acceptors (Lipinski definition) is 3. The highest BCUT2D eigenvalue weighted by atomic mass is 16.3. The van der Waals surface area contributed by atoms with E-state index in [1.165, 1.54) is 0 Å². The van der Waals surface area contributed by atoms with Crippen LogP contribution in [0.2, 0.25) is 0 Å². The van der Waals surface area contributed by atoms with E-state index in [9.17, 15) is 5.11 Å². The number of nitrogens with one attached hydrogen (secondary N) is 1. The fourth-order valence-corrected chi connectivity index (χ4v) is 2.46. The summed E-state index contributed by atoms with van der Waals surface area (Å²) >= 11 is 0. The predicted octanol–water partition coefficient (Wildman–Crippen LogP) is 3.67. The molecule has 2 aromatic carbocycles. The molecular formula is C19H18N2O. The molecule has 0 aliphatic carbocycles. The van der Waals surface area contributed by atoms with Gasteiger partial charge in [0, 0.05) is 18.3 Å². The number of nitrogens with zero attached hydrogens (tertiary/aromatic N) is 1. The minimum atomic E-state index is -0.0120. The Balaban J connectivity index is 1.85. The summed E-state index contributed by atoms with van der Waals surface area (Å²) in [5, 5.41) is 13.4. The summed E-state index contributed by atoms with van der Waals surface area (Å²) in [5.74, 6) is 0.308. The van der Waals surface area contributed by atoms with E-state index in [-0.39, 0.29) is 6.04 Å². The average molecular weight is 290 g/mol. The Morgan fingerprint density at radius 2 is 1.59 bits per heavy atom. The van der Waals surface area contributed by atoms with E-state index in [0.717, 1.165) is 16.8 Å². The molecule has 3 heteroatoms. The first-order valence-electron chi connectivity index (χ1n) is 7.31. The van der Waals surface area contributed by atoms with Crippen LogP contribution in [0.5, 0.6) is 5.75 Å². The van der Waals surface area contributed by atoms with E-state index < -0.39 is 0 Å². The average Bonchev–Trinajstić information content (AvgIpc) is 2.59. The van der Waals surface area contributed by atoms with Crippen molar-refractivity contribution in [2.45, 2.75) is 12.6 Å². The van der Waals surface area contributed by atoms with Gasteiger partial charge in [0.2, 0.25) is 0 Å². The SMILES string of the molecule is Oc1ccccc1CN[C@H](c1ccccc1)c1ccccn1. The number of aromatic nitrogens is 1. The highest BCUT2D eigenvalue weighted by Crippen LogP contribution is 2.22. The Bertz CT molecular complexity index is 674. The van der Waals surface area contributed by atoms with Crippen LogP contribution in [0, 0.1) is 0 Å². The zero-order valence-electron chi connectivity index (χ0n) is 12.2. The minimum absolute atomic E-state index is 0.0120. The lowest BCUT2D eigenvalue weighted by atomic mass is 10.0. The quantitative estimate of drug-likeness (QED) is 0.753. The summed E-state index contributed by atoms with van der Waals surface area (Å²) in [6, 6.07) is 23.5. The van der Waals surface area contributed by atoms with E-state index in [1.54, 1.807) is 12.3 Å². The van der Waals surface area contributed by atoms with Gasteiger partial charge in [0.1, 0.15) is 5.75 Å². The molecule has 1 heterocycles. The second-order valence-corrected chi connectivity index (χ2v) is 5.11. The summed E-state index contributed by atoms with van der Waals surface area (Å²) in [4.78, 5) is 4.47. The van der Waals surface area contributed by atoms with Crippen LogP contribution in [-0.4, -0.2) is 10.1 Å². The van der Waals surface area contributed by atoms with Gasteiger partial charge in [-0.3, -0.25) is 4.98 Å². The number of rotatable bonds is 5. The van der Waals surface area contributed by atoms with Crippen molar-refractivity contribution in [1.82, 2.24) is 10.3 Å². The van der Waals surface area contributed by atoms with Gasteiger partial charge in [0.05, 0.1) is 11.7 Å². The van der Waals surface area contributed by atoms with Crippen LogP contribution in [0.1, 0.15) is 22.9 Å². The highest BCUT2D eigenvalue weighted by molar-refractivity contribution is 5.33. The van der Waals surface area contributed by atoms with Crippen LogP contribution in [0.3, 0.4) is 0 Å². The van der Waals surface area contributed by atoms with Gasteiger partial charge in [-0.15, -0.1) is 0 Å². The van der Waals surface area contributed by atoms with Gasteiger partial charge in [0.15, 0.2) is 0 Å². The zero-order chi connectivity index (χ0) is 15.2. The highest BCUT2D eigenvalue weighted by Gasteiger charge is 2.14. The van der Waals surface area contributed by atoms with E-state index >= 15 is 0 Å². The van der Waals surface area contributed by atoms with Crippen LogP contribution in [0.4, 0.5) is 0 Å². The molecule has 0 aliphatic heterocycles. The van der Waals surface area contributed by atoms with Crippen molar-refractivity contribution < 1.29 is 5.11 Å². The molecule has 3 nitrogen and oxygen atoms in total. The van der Waals surface area contributed by atoms with Crippen molar-refractivity contribution in [2.75, 3.05) is 0 Å².